The maximum absolute atomic E-state index is 13.5. The van der Waals surface area contributed by atoms with Gasteiger partial charge in [-0.3, -0.25) is 14.3 Å². The highest BCUT2D eigenvalue weighted by atomic mass is 79.9. The van der Waals surface area contributed by atoms with Crippen LogP contribution >= 0.6 is 27.5 Å². The zero-order chi connectivity index (χ0) is 13.3. The Morgan fingerprint density at radius 3 is 2.83 bits per heavy atom. The number of hydrogen-bond acceptors (Lipinski definition) is 2. The van der Waals surface area contributed by atoms with Crippen LogP contribution < -0.4 is 11.2 Å². The van der Waals surface area contributed by atoms with E-state index in [-0.39, 0.29) is 16.6 Å². The summed E-state index contributed by atoms with van der Waals surface area (Å²) in [6.07, 6.45) is 1.31. The van der Waals surface area contributed by atoms with Crippen LogP contribution in [-0.2, 0) is 6.54 Å². The van der Waals surface area contributed by atoms with E-state index in [0.29, 0.717) is 5.02 Å². The van der Waals surface area contributed by atoms with E-state index in [1.54, 1.807) is 0 Å². The lowest BCUT2D eigenvalue weighted by Crippen LogP contribution is -2.30. The van der Waals surface area contributed by atoms with Gasteiger partial charge in [0.1, 0.15) is 5.82 Å². The molecule has 18 heavy (non-hydrogen) atoms. The molecule has 2 aromatic rings. The lowest BCUT2D eigenvalue weighted by atomic mass is 10.2. The molecule has 0 saturated heterocycles. The average Bonchev–Trinajstić information content (AvgIpc) is 2.30. The first-order chi connectivity index (χ1) is 8.47. The van der Waals surface area contributed by atoms with Crippen LogP contribution in [0.3, 0.4) is 0 Å². The Labute approximate surface area is 114 Å². The number of nitrogens with one attached hydrogen (secondary N) is 1. The minimum absolute atomic E-state index is 0.0133. The molecule has 1 N–H and O–H groups in total. The van der Waals surface area contributed by atoms with Crippen molar-refractivity contribution in [1.82, 2.24) is 9.55 Å². The molecule has 0 atom stereocenters. The van der Waals surface area contributed by atoms with Gasteiger partial charge in [-0.15, -0.1) is 0 Å². The Morgan fingerprint density at radius 1 is 1.39 bits per heavy atom. The molecule has 0 amide bonds. The molecule has 2 rings (SSSR count). The van der Waals surface area contributed by atoms with Gasteiger partial charge in [-0.2, -0.15) is 0 Å². The molecule has 0 bridgehead atoms. The van der Waals surface area contributed by atoms with E-state index in [1.165, 1.54) is 29.0 Å². The van der Waals surface area contributed by atoms with Crippen molar-refractivity contribution in [1.29, 1.82) is 0 Å². The molecular weight excluding hydrogens is 326 g/mol. The smallest absolute Gasteiger partial charge is 0.295 e. The van der Waals surface area contributed by atoms with Crippen LogP contribution in [-0.4, -0.2) is 9.55 Å². The first kappa shape index (κ1) is 13.0. The summed E-state index contributed by atoms with van der Waals surface area (Å²) in [4.78, 5) is 24.8. The summed E-state index contributed by atoms with van der Waals surface area (Å²) in [7, 11) is 0. The van der Waals surface area contributed by atoms with Gasteiger partial charge in [0.15, 0.2) is 0 Å². The van der Waals surface area contributed by atoms with E-state index in [0.717, 1.165) is 0 Å². The molecule has 1 heterocycles. The van der Waals surface area contributed by atoms with Gasteiger partial charge < -0.3 is 0 Å². The summed E-state index contributed by atoms with van der Waals surface area (Å²) >= 11 is 8.76. The number of hydrogen-bond donors (Lipinski definition) is 1. The summed E-state index contributed by atoms with van der Waals surface area (Å²) < 4.78 is 14.9. The summed E-state index contributed by atoms with van der Waals surface area (Å²) in [5, 5.41) is 0.378. The van der Waals surface area contributed by atoms with Crippen molar-refractivity contribution in [2.45, 2.75) is 6.54 Å². The average molecular weight is 334 g/mol. The number of halogens is 3. The van der Waals surface area contributed by atoms with Crippen LogP contribution in [0.2, 0.25) is 5.02 Å². The monoisotopic (exact) mass is 332 g/mol. The maximum Gasteiger partial charge on any atom is 0.328 e. The highest BCUT2D eigenvalue weighted by Gasteiger charge is 2.07. The van der Waals surface area contributed by atoms with Crippen molar-refractivity contribution in [3.8, 4) is 0 Å². The van der Waals surface area contributed by atoms with Gasteiger partial charge >= 0.3 is 5.69 Å². The molecule has 0 saturated carbocycles. The number of H-pyrrole nitrogens is 1. The molecule has 7 heteroatoms. The van der Waals surface area contributed by atoms with Crippen LogP contribution in [0.5, 0.6) is 0 Å². The molecule has 1 aromatic carbocycles. The van der Waals surface area contributed by atoms with Crippen molar-refractivity contribution in [2.24, 2.45) is 0 Å². The molecule has 0 aliphatic rings. The van der Waals surface area contributed by atoms with Crippen molar-refractivity contribution >= 4 is 27.5 Å². The van der Waals surface area contributed by atoms with Crippen molar-refractivity contribution in [3.63, 3.8) is 0 Å². The Hall–Kier alpha value is -1.40. The Morgan fingerprint density at radius 2 is 2.11 bits per heavy atom. The highest BCUT2D eigenvalue weighted by molar-refractivity contribution is 9.10. The second kappa shape index (κ2) is 5.07. The van der Waals surface area contributed by atoms with Gasteiger partial charge in [0.25, 0.3) is 5.56 Å². The lowest BCUT2D eigenvalue weighted by molar-refractivity contribution is 0.592. The topological polar surface area (TPSA) is 54.9 Å². The van der Waals surface area contributed by atoms with Crippen molar-refractivity contribution in [3.05, 3.63) is 66.1 Å². The molecule has 4 nitrogen and oxygen atoms in total. The molecule has 0 radical (unpaired) electrons. The molecule has 0 aliphatic heterocycles. The third-order valence-electron chi connectivity index (χ3n) is 2.32. The van der Waals surface area contributed by atoms with E-state index in [1.807, 2.05) is 0 Å². The Balaban J connectivity index is 2.46. The van der Waals surface area contributed by atoms with Crippen LogP contribution in [0.25, 0.3) is 0 Å². The number of aromatic nitrogens is 2. The van der Waals surface area contributed by atoms with Gasteiger partial charge in [-0.05, 0) is 34.1 Å². The normalized spacial score (nSPS) is 10.6. The number of aromatic amines is 1. The minimum Gasteiger partial charge on any atom is -0.295 e. The van der Waals surface area contributed by atoms with E-state index in [2.05, 4.69) is 20.9 Å². The molecule has 1 aromatic heterocycles. The van der Waals surface area contributed by atoms with E-state index >= 15 is 0 Å². The van der Waals surface area contributed by atoms with E-state index < -0.39 is 17.1 Å². The summed E-state index contributed by atoms with van der Waals surface area (Å²) in [6, 6.07) is 4.08. The van der Waals surface area contributed by atoms with Gasteiger partial charge in [0.2, 0.25) is 0 Å². The zero-order valence-electron chi connectivity index (χ0n) is 8.91. The lowest BCUT2D eigenvalue weighted by Gasteiger charge is -2.07. The Bertz CT molecular complexity index is 711. The van der Waals surface area contributed by atoms with Crippen LogP contribution in [0.4, 0.5) is 4.39 Å². The number of rotatable bonds is 2. The fraction of sp³-hybridized carbons (Fsp3) is 0.0909. The molecule has 94 valence electrons. The molecule has 0 unspecified atom stereocenters. The summed E-state index contributed by atoms with van der Waals surface area (Å²) in [5.41, 5.74) is -0.867. The second-order valence-corrected chi connectivity index (χ2v) is 4.89. The standard InChI is InChI=1S/C11H7BrClFN2O2/c12-8-5-16(11(18)15-10(8)17)4-6-3-7(13)1-2-9(6)14/h1-3,5H,4H2,(H,15,17,18). The van der Waals surface area contributed by atoms with Gasteiger partial charge in [-0.1, -0.05) is 11.6 Å². The van der Waals surface area contributed by atoms with Crippen molar-refractivity contribution in [2.75, 3.05) is 0 Å². The number of benzene rings is 1. The third kappa shape index (κ3) is 2.70. The fourth-order valence-corrected chi connectivity index (χ4v) is 1.99. The van der Waals surface area contributed by atoms with Crippen LogP contribution in [0.15, 0.2) is 38.5 Å². The minimum atomic E-state index is -0.609. The highest BCUT2D eigenvalue weighted by Crippen LogP contribution is 2.15. The number of nitrogens with zero attached hydrogens (tertiary/aromatic N) is 1. The fourth-order valence-electron chi connectivity index (χ4n) is 1.45. The maximum atomic E-state index is 13.5. The second-order valence-electron chi connectivity index (χ2n) is 3.60. The molecule has 0 fully saturated rings. The molecule has 0 spiro atoms. The largest absolute Gasteiger partial charge is 0.328 e. The first-order valence-corrected chi connectivity index (χ1v) is 6.07. The predicted molar refractivity (Wildman–Crippen MR) is 69.5 cm³/mol. The Kier molecular flexibility index (Phi) is 3.68. The van der Waals surface area contributed by atoms with E-state index in [4.69, 9.17) is 11.6 Å². The zero-order valence-corrected chi connectivity index (χ0v) is 11.3. The van der Waals surface area contributed by atoms with Gasteiger partial charge in [0, 0.05) is 16.8 Å². The van der Waals surface area contributed by atoms with Crippen LogP contribution in [0.1, 0.15) is 5.56 Å². The first-order valence-electron chi connectivity index (χ1n) is 4.90. The SMILES string of the molecule is O=c1[nH]c(=O)n(Cc2cc(Cl)ccc2F)cc1Br. The van der Waals surface area contributed by atoms with Crippen molar-refractivity contribution < 1.29 is 4.39 Å². The van der Waals surface area contributed by atoms with Crippen LogP contribution in [0, 0.1) is 5.82 Å². The van der Waals surface area contributed by atoms with E-state index in [9.17, 15) is 14.0 Å². The van der Waals surface area contributed by atoms with Gasteiger partial charge in [0.05, 0.1) is 11.0 Å². The molecular formula is C11H7BrClFN2O2. The summed E-state index contributed by atoms with van der Waals surface area (Å²) in [5.74, 6) is -0.464. The van der Waals surface area contributed by atoms with Gasteiger partial charge in [-0.25, -0.2) is 9.18 Å². The summed E-state index contributed by atoms with van der Waals surface area (Å²) in [6.45, 7) is -0.0133. The molecule has 0 aliphatic carbocycles. The predicted octanol–water partition coefficient (Wildman–Crippen LogP) is 2.14. The quantitative estimate of drug-likeness (QED) is 0.915. The third-order valence-corrected chi connectivity index (χ3v) is 3.12.